The van der Waals surface area contributed by atoms with Gasteiger partial charge in [-0.15, -0.1) is 11.8 Å². The molecule has 1 saturated heterocycles. The number of nitrogens with zero attached hydrogens (tertiary/aromatic N) is 1. The lowest BCUT2D eigenvalue weighted by Gasteiger charge is -2.48. The van der Waals surface area contributed by atoms with Crippen LogP contribution in [0.5, 0.6) is 5.75 Å². The van der Waals surface area contributed by atoms with E-state index in [-0.39, 0.29) is 23.1 Å². The van der Waals surface area contributed by atoms with Crippen LogP contribution in [0.4, 0.5) is 0 Å². The van der Waals surface area contributed by atoms with Crippen LogP contribution < -0.4 is 10.1 Å². The minimum absolute atomic E-state index is 0.120. The molecule has 7 nitrogen and oxygen atoms in total. The Morgan fingerprint density at radius 2 is 2.08 bits per heavy atom. The molecule has 9 heteroatoms. The Kier molecular flexibility index (Phi) is 4.68. The number of carbonyl (C=O) groups is 3. The van der Waals surface area contributed by atoms with Crippen LogP contribution in [0.2, 0.25) is 0 Å². The van der Waals surface area contributed by atoms with Gasteiger partial charge in [-0.2, -0.15) is 0 Å². The number of amides is 2. The number of carbonyl (C=O) groups excluding carboxylic acids is 2. The fraction of sp³-hybridized carbons (Fsp3) is 0.267. The maximum absolute atomic E-state index is 12.2. The number of hydrogen-bond acceptors (Lipinski definition) is 5. The lowest BCUT2D eigenvalue weighted by atomic mass is 10.1. The molecule has 2 N–H and O–H groups in total. The van der Waals surface area contributed by atoms with E-state index < -0.39 is 29.2 Å². The summed E-state index contributed by atoms with van der Waals surface area (Å²) in [6.45, 7) is -0.229. The number of rotatable bonds is 5. The van der Waals surface area contributed by atoms with E-state index in [2.05, 4.69) is 5.32 Å². The number of benzene rings is 1. The van der Waals surface area contributed by atoms with Crippen molar-refractivity contribution in [3.05, 3.63) is 41.1 Å². The van der Waals surface area contributed by atoms with E-state index in [1.807, 2.05) is 6.07 Å². The highest BCUT2D eigenvalue weighted by atomic mass is 35.5. The van der Waals surface area contributed by atoms with Gasteiger partial charge in [-0.05, 0) is 12.1 Å². The fourth-order valence-electron chi connectivity index (χ4n) is 2.46. The number of aliphatic carboxylic acids is 1. The molecule has 1 fully saturated rings. The Bertz CT molecular complexity index is 724. The highest BCUT2D eigenvalue weighted by Crippen LogP contribution is 2.41. The van der Waals surface area contributed by atoms with Gasteiger partial charge in [0, 0.05) is 5.75 Å². The standard InChI is InChI=1S/C15H13ClN2O5S/c16-9-7-24-14-11(13(20)18(14)12(9)15(21)22)17-10(19)6-23-8-4-2-1-3-5-8/h1-5,11,14H,6-7H2,(H,17,19)(H,21,22)/t11-,14-/m1/s1. The molecule has 0 spiro atoms. The average molecular weight is 369 g/mol. The lowest BCUT2D eigenvalue weighted by molar-refractivity contribution is -0.150. The van der Waals surface area contributed by atoms with Crippen LogP contribution >= 0.6 is 23.4 Å². The fourth-order valence-corrected chi connectivity index (χ4v) is 4.01. The third kappa shape index (κ3) is 3.07. The van der Waals surface area contributed by atoms with Gasteiger partial charge in [0.05, 0.1) is 5.03 Å². The van der Waals surface area contributed by atoms with Gasteiger partial charge < -0.3 is 15.2 Å². The van der Waals surface area contributed by atoms with Crippen LogP contribution in [-0.2, 0) is 14.4 Å². The molecule has 0 unspecified atom stereocenters. The molecule has 0 saturated carbocycles. The molecular formula is C15H13ClN2O5S. The molecule has 24 heavy (non-hydrogen) atoms. The number of β-lactam (4-membered cyclic amide) rings is 1. The number of ether oxygens (including phenoxy) is 1. The van der Waals surface area contributed by atoms with Crippen LogP contribution in [0.1, 0.15) is 0 Å². The number of nitrogens with one attached hydrogen (secondary N) is 1. The number of para-hydroxylation sites is 1. The van der Waals surface area contributed by atoms with Crippen LogP contribution in [0.3, 0.4) is 0 Å². The predicted molar refractivity (Wildman–Crippen MR) is 87.5 cm³/mol. The molecule has 0 bridgehead atoms. The summed E-state index contributed by atoms with van der Waals surface area (Å²) in [5, 5.41) is 11.4. The number of halogens is 1. The second-order valence-electron chi connectivity index (χ2n) is 5.12. The summed E-state index contributed by atoms with van der Waals surface area (Å²) in [5.41, 5.74) is -0.212. The molecule has 2 amide bonds. The monoisotopic (exact) mass is 368 g/mol. The van der Waals surface area contributed by atoms with Gasteiger partial charge in [0.2, 0.25) is 0 Å². The van der Waals surface area contributed by atoms with Crippen molar-refractivity contribution in [2.24, 2.45) is 0 Å². The largest absolute Gasteiger partial charge is 0.484 e. The molecule has 2 heterocycles. The van der Waals surface area contributed by atoms with Crippen molar-refractivity contribution in [3.8, 4) is 5.75 Å². The van der Waals surface area contributed by atoms with Gasteiger partial charge in [0.1, 0.15) is 22.9 Å². The van der Waals surface area contributed by atoms with Gasteiger partial charge in [-0.3, -0.25) is 14.5 Å². The summed E-state index contributed by atoms with van der Waals surface area (Å²) < 4.78 is 5.32. The third-order valence-corrected chi connectivity index (χ3v) is 5.30. The second kappa shape index (κ2) is 6.74. The number of thioether (sulfide) groups is 1. The minimum atomic E-state index is -1.25. The zero-order chi connectivity index (χ0) is 17.3. The molecule has 1 aromatic carbocycles. The predicted octanol–water partition coefficient (Wildman–Crippen LogP) is 1.00. The summed E-state index contributed by atoms with van der Waals surface area (Å²) >= 11 is 7.19. The van der Waals surface area contributed by atoms with Crippen molar-refractivity contribution in [1.29, 1.82) is 0 Å². The van der Waals surface area contributed by atoms with E-state index in [1.54, 1.807) is 24.3 Å². The molecule has 0 aromatic heterocycles. The van der Waals surface area contributed by atoms with E-state index in [0.29, 0.717) is 5.75 Å². The molecule has 2 atom stereocenters. The zero-order valence-corrected chi connectivity index (χ0v) is 13.8. The van der Waals surface area contributed by atoms with Gasteiger partial charge in [-0.1, -0.05) is 29.8 Å². The zero-order valence-electron chi connectivity index (χ0n) is 12.3. The van der Waals surface area contributed by atoms with Crippen molar-refractivity contribution >= 4 is 41.1 Å². The average Bonchev–Trinajstić information content (AvgIpc) is 2.58. The van der Waals surface area contributed by atoms with Crippen molar-refractivity contribution in [2.75, 3.05) is 12.4 Å². The Morgan fingerprint density at radius 1 is 1.38 bits per heavy atom. The highest BCUT2D eigenvalue weighted by molar-refractivity contribution is 8.00. The van der Waals surface area contributed by atoms with Crippen LogP contribution in [0, 0.1) is 0 Å². The molecule has 0 aliphatic carbocycles. The van der Waals surface area contributed by atoms with E-state index >= 15 is 0 Å². The number of hydrogen-bond donors (Lipinski definition) is 2. The van der Waals surface area contributed by atoms with Crippen molar-refractivity contribution in [1.82, 2.24) is 10.2 Å². The Morgan fingerprint density at radius 3 is 2.75 bits per heavy atom. The van der Waals surface area contributed by atoms with Crippen molar-refractivity contribution < 1.29 is 24.2 Å². The highest BCUT2D eigenvalue weighted by Gasteiger charge is 2.54. The number of carboxylic acid groups (broad SMARTS) is 1. The first-order valence-corrected chi connectivity index (χ1v) is 8.45. The van der Waals surface area contributed by atoms with E-state index in [9.17, 15) is 19.5 Å². The normalized spacial score (nSPS) is 22.5. The third-order valence-electron chi connectivity index (χ3n) is 3.55. The second-order valence-corrected chi connectivity index (χ2v) is 6.68. The Balaban J connectivity index is 1.59. The maximum atomic E-state index is 12.2. The molecule has 2 aliphatic heterocycles. The first-order chi connectivity index (χ1) is 11.5. The summed E-state index contributed by atoms with van der Waals surface area (Å²) in [6.07, 6.45) is 0. The first-order valence-electron chi connectivity index (χ1n) is 7.03. The van der Waals surface area contributed by atoms with E-state index in [4.69, 9.17) is 16.3 Å². The SMILES string of the molecule is O=C(COc1ccccc1)N[C@@H]1C(=O)N2C(C(=O)O)=C(Cl)CS[C@H]12. The smallest absolute Gasteiger partial charge is 0.353 e. The topological polar surface area (TPSA) is 95.9 Å². The summed E-state index contributed by atoms with van der Waals surface area (Å²) in [6, 6.07) is 8.04. The molecule has 0 radical (unpaired) electrons. The number of fused-ring (bicyclic) bond motifs is 1. The Hall–Kier alpha value is -2.19. The van der Waals surface area contributed by atoms with Gasteiger partial charge in [0.25, 0.3) is 11.8 Å². The van der Waals surface area contributed by atoms with Gasteiger partial charge >= 0.3 is 5.97 Å². The molecular weight excluding hydrogens is 356 g/mol. The Labute approximate surface area is 146 Å². The van der Waals surface area contributed by atoms with Crippen molar-refractivity contribution in [2.45, 2.75) is 11.4 Å². The van der Waals surface area contributed by atoms with Gasteiger partial charge in [0.15, 0.2) is 6.61 Å². The maximum Gasteiger partial charge on any atom is 0.353 e. The molecule has 3 rings (SSSR count). The molecule has 126 valence electrons. The minimum Gasteiger partial charge on any atom is -0.484 e. The quantitative estimate of drug-likeness (QED) is 0.753. The molecule has 1 aromatic rings. The van der Waals surface area contributed by atoms with Crippen LogP contribution in [0.15, 0.2) is 41.1 Å². The summed E-state index contributed by atoms with van der Waals surface area (Å²) in [7, 11) is 0. The number of carboxylic acids is 1. The van der Waals surface area contributed by atoms with E-state index in [1.165, 1.54) is 11.8 Å². The van der Waals surface area contributed by atoms with Crippen LogP contribution in [0.25, 0.3) is 0 Å². The summed E-state index contributed by atoms with van der Waals surface area (Å²) in [5.74, 6) is -1.37. The molecule has 2 aliphatic rings. The van der Waals surface area contributed by atoms with Gasteiger partial charge in [-0.25, -0.2) is 4.79 Å². The van der Waals surface area contributed by atoms with Crippen LogP contribution in [-0.4, -0.2) is 51.6 Å². The first kappa shape index (κ1) is 16.7. The lowest BCUT2D eigenvalue weighted by Crippen LogP contribution is -2.70. The van der Waals surface area contributed by atoms with Crippen molar-refractivity contribution in [3.63, 3.8) is 0 Å². The summed E-state index contributed by atoms with van der Waals surface area (Å²) in [4.78, 5) is 36.5. The van der Waals surface area contributed by atoms with E-state index in [0.717, 1.165) is 4.90 Å².